The molecule has 1 fully saturated rings. The van der Waals surface area contributed by atoms with Gasteiger partial charge in [-0.15, -0.1) is 0 Å². The van der Waals surface area contributed by atoms with Crippen molar-refractivity contribution in [1.29, 1.82) is 5.26 Å². The normalized spacial score (nSPS) is 16.1. The first-order chi connectivity index (χ1) is 15.7. The van der Waals surface area contributed by atoms with Crippen molar-refractivity contribution in [2.24, 2.45) is 5.14 Å². The summed E-state index contributed by atoms with van der Waals surface area (Å²) in [6.07, 6.45) is 0.344. The van der Waals surface area contributed by atoms with E-state index >= 15 is 0 Å². The highest BCUT2D eigenvalue weighted by Gasteiger charge is 2.32. The van der Waals surface area contributed by atoms with E-state index in [0.29, 0.717) is 24.2 Å². The molecule has 1 aliphatic heterocycles. The number of aryl methyl sites for hydroxylation is 2. The van der Waals surface area contributed by atoms with Gasteiger partial charge in [-0.05, 0) is 66.9 Å². The Morgan fingerprint density at radius 1 is 1.06 bits per heavy atom. The Kier molecular flexibility index (Phi) is 6.30. The van der Waals surface area contributed by atoms with Crippen molar-refractivity contribution >= 4 is 33.4 Å². The van der Waals surface area contributed by atoms with Gasteiger partial charge in [-0.25, -0.2) is 13.6 Å². The number of sulfonamides is 1. The van der Waals surface area contributed by atoms with Crippen molar-refractivity contribution in [2.75, 3.05) is 11.4 Å². The number of primary sulfonamides is 1. The molecule has 1 amide bonds. The van der Waals surface area contributed by atoms with Gasteiger partial charge >= 0.3 is 0 Å². The lowest BCUT2D eigenvalue weighted by Crippen LogP contribution is -2.24. The van der Waals surface area contributed by atoms with E-state index in [4.69, 9.17) is 5.14 Å². The van der Waals surface area contributed by atoms with Crippen LogP contribution in [0.5, 0.6) is 0 Å². The molecular weight excluding hydrogens is 454 g/mol. The van der Waals surface area contributed by atoms with E-state index < -0.39 is 10.0 Å². The second kappa shape index (κ2) is 9.02. The fourth-order valence-electron chi connectivity index (χ4n) is 4.04. The molecule has 0 aliphatic carbocycles. The number of amides is 1. The molecular formula is C25H23N3O3S2. The van der Waals surface area contributed by atoms with E-state index in [0.717, 1.165) is 26.5 Å². The van der Waals surface area contributed by atoms with Gasteiger partial charge in [0.2, 0.25) is 15.9 Å². The van der Waals surface area contributed by atoms with Crippen LogP contribution in [0.2, 0.25) is 0 Å². The van der Waals surface area contributed by atoms with Gasteiger partial charge in [-0.1, -0.05) is 36.0 Å². The average Bonchev–Trinajstić information content (AvgIpc) is 3.17. The zero-order valence-electron chi connectivity index (χ0n) is 18.3. The lowest BCUT2D eigenvalue weighted by Gasteiger charge is -2.18. The van der Waals surface area contributed by atoms with E-state index in [1.54, 1.807) is 28.8 Å². The van der Waals surface area contributed by atoms with Crippen LogP contribution in [-0.4, -0.2) is 20.9 Å². The van der Waals surface area contributed by atoms with Crippen molar-refractivity contribution in [3.8, 4) is 6.07 Å². The van der Waals surface area contributed by atoms with Crippen LogP contribution < -0.4 is 10.0 Å². The van der Waals surface area contributed by atoms with Crippen molar-refractivity contribution in [1.82, 2.24) is 0 Å². The van der Waals surface area contributed by atoms with E-state index in [1.807, 2.05) is 24.3 Å². The van der Waals surface area contributed by atoms with Gasteiger partial charge in [0.15, 0.2) is 0 Å². The second-order valence-corrected chi connectivity index (χ2v) is 10.7. The van der Waals surface area contributed by atoms with Crippen LogP contribution in [0.15, 0.2) is 75.4 Å². The zero-order chi connectivity index (χ0) is 23.8. The van der Waals surface area contributed by atoms with E-state index in [9.17, 15) is 18.5 Å². The molecule has 168 valence electrons. The van der Waals surface area contributed by atoms with Crippen LogP contribution in [0.25, 0.3) is 0 Å². The van der Waals surface area contributed by atoms with E-state index in [2.05, 4.69) is 32.0 Å². The van der Waals surface area contributed by atoms with E-state index in [1.165, 1.54) is 12.1 Å². The quantitative estimate of drug-likeness (QED) is 0.583. The standard InChI is InChI=1S/C25H23N3O3S2/c1-16-4-3-5-17(2)25(16)32-23-12-18(6-7-19(23)14-26)20-13-24(29)28(15-20)21-8-10-22(11-9-21)33(27,30)31/h3-12,20H,13,15H2,1-2H3,(H2,27,30,31)/t20-/m0/s1. The molecule has 0 unspecified atom stereocenters. The maximum absolute atomic E-state index is 12.8. The van der Waals surface area contributed by atoms with Gasteiger partial charge in [-0.3, -0.25) is 4.79 Å². The Labute approximate surface area is 198 Å². The molecule has 1 aliphatic rings. The molecule has 2 N–H and O–H groups in total. The van der Waals surface area contributed by atoms with Gasteiger partial charge in [0, 0.05) is 34.4 Å². The molecule has 0 saturated carbocycles. The number of hydrogen-bond donors (Lipinski definition) is 1. The molecule has 0 bridgehead atoms. The lowest BCUT2D eigenvalue weighted by atomic mass is 9.97. The highest BCUT2D eigenvalue weighted by Crippen LogP contribution is 2.38. The topological polar surface area (TPSA) is 104 Å². The number of nitrogens with two attached hydrogens (primary N) is 1. The fourth-order valence-corrected chi connectivity index (χ4v) is 5.65. The number of nitrogens with zero attached hydrogens (tertiary/aromatic N) is 2. The molecule has 3 aromatic rings. The molecule has 0 radical (unpaired) electrons. The van der Waals surface area contributed by atoms with Crippen LogP contribution >= 0.6 is 11.8 Å². The SMILES string of the molecule is Cc1cccc(C)c1Sc1cc([C@H]2CC(=O)N(c3ccc(S(N)(=O)=O)cc3)C2)ccc1C#N. The number of rotatable bonds is 5. The molecule has 4 rings (SSSR count). The summed E-state index contributed by atoms with van der Waals surface area (Å²) in [5.74, 6) is -0.0582. The molecule has 1 heterocycles. The van der Waals surface area contributed by atoms with Crippen molar-refractivity contribution < 1.29 is 13.2 Å². The fraction of sp³-hybridized carbons (Fsp3) is 0.200. The Morgan fingerprint density at radius 3 is 2.33 bits per heavy atom. The Hall–Kier alpha value is -3.12. The predicted molar refractivity (Wildman–Crippen MR) is 129 cm³/mol. The summed E-state index contributed by atoms with van der Waals surface area (Å²) in [4.78, 5) is 16.4. The number of hydrogen-bond acceptors (Lipinski definition) is 5. The van der Waals surface area contributed by atoms with Crippen LogP contribution in [-0.2, 0) is 14.8 Å². The molecule has 6 nitrogen and oxygen atoms in total. The first-order valence-electron chi connectivity index (χ1n) is 10.4. The Balaban J connectivity index is 1.60. The number of benzene rings is 3. The first kappa shape index (κ1) is 23.1. The number of nitriles is 1. The maximum Gasteiger partial charge on any atom is 0.238 e. The highest BCUT2D eigenvalue weighted by atomic mass is 32.2. The van der Waals surface area contributed by atoms with Gasteiger partial charge in [0.1, 0.15) is 6.07 Å². The summed E-state index contributed by atoms with van der Waals surface area (Å²) in [6, 6.07) is 20.2. The summed E-state index contributed by atoms with van der Waals surface area (Å²) >= 11 is 1.58. The minimum Gasteiger partial charge on any atom is -0.312 e. The van der Waals surface area contributed by atoms with Crippen molar-refractivity contribution in [3.05, 3.63) is 82.9 Å². The third kappa shape index (κ3) is 4.81. The maximum atomic E-state index is 12.8. The minimum atomic E-state index is -3.79. The van der Waals surface area contributed by atoms with Gasteiger partial charge in [0.05, 0.1) is 10.5 Å². The van der Waals surface area contributed by atoms with Crippen molar-refractivity contribution in [2.45, 2.75) is 40.9 Å². The molecule has 0 aromatic heterocycles. The molecule has 1 atom stereocenters. The Morgan fingerprint density at radius 2 is 1.73 bits per heavy atom. The molecule has 1 saturated heterocycles. The van der Waals surface area contributed by atoms with Crippen LogP contribution in [0, 0.1) is 25.2 Å². The number of carbonyl (C=O) groups excluding carboxylic acids is 1. The summed E-state index contributed by atoms with van der Waals surface area (Å²) in [7, 11) is -3.79. The summed E-state index contributed by atoms with van der Waals surface area (Å²) in [5, 5.41) is 14.8. The number of anilines is 1. The molecule has 33 heavy (non-hydrogen) atoms. The smallest absolute Gasteiger partial charge is 0.238 e. The second-order valence-electron chi connectivity index (χ2n) is 8.13. The lowest BCUT2D eigenvalue weighted by molar-refractivity contribution is -0.117. The van der Waals surface area contributed by atoms with E-state index in [-0.39, 0.29) is 16.7 Å². The average molecular weight is 478 g/mol. The van der Waals surface area contributed by atoms with Crippen LogP contribution in [0.1, 0.15) is 34.6 Å². The minimum absolute atomic E-state index is 0.00898. The monoisotopic (exact) mass is 477 g/mol. The third-order valence-corrected chi connectivity index (χ3v) is 8.16. The summed E-state index contributed by atoms with van der Waals surface area (Å²) in [6.45, 7) is 4.59. The Bertz CT molecular complexity index is 1360. The van der Waals surface area contributed by atoms with Gasteiger partial charge in [-0.2, -0.15) is 5.26 Å². The summed E-state index contributed by atoms with van der Waals surface area (Å²) in [5.41, 5.74) is 4.54. The molecule has 0 spiro atoms. The first-order valence-corrected chi connectivity index (χ1v) is 12.7. The molecule has 8 heteroatoms. The van der Waals surface area contributed by atoms with Crippen LogP contribution in [0.4, 0.5) is 5.69 Å². The number of carbonyl (C=O) groups is 1. The predicted octanol–water partition coefficient (Wildman–Crippen LogP) is 4.49. The summed E-state index contributed by atoms with van der Waals surface area (Å²) < 4.78 is 23.0. The van der Waals surface area contributed by atoms with Crippen molar-refractivity contribution in [3.63, 3.8) is 0 Å². The third-order valence-electron chi connectivity index (χ3n) is 5.82. The molecule has 3 aromatic carbocycles. The van der Waals surface area contributed by atoms with Gasteiger partial charge in [0.25, 0.3) is 0 Å². The zero-order valence-corrected chi connectivity index (χ0v) is 19.9. The largest absolute Gasteiger partial charge is 0.312 e. The van der Waals surface area contributed by atoms with Gasteiger partial charge < -0.3 is 4.90 Å². The van der Waals surface area contributed by atoms with Crippen LogP contribution in [0.3, 0.4) is 0 Å². The highest BCUT2D eigenvalue weighted by molar-refractivity contribution is 7.99.